The quantitative estimate of drug-likeness (QED) is 0.744. The van der Waals surface area contributed by atoms with Crippen LogP contribution in [0.15, 0.2) is 66.7 Å². The van der Waals surface area contributed by atoms with Crippen molar-refractivity contribution in [1.82, 2.24) is 15.2 Å². The van der Waals surface area contributed by atoms with Crippen molar-refractivity contribution in [3.63, 3.8) is 0 Å². The van der Waals surface area contributed by atoms with Crippen LogP contribution in [0.2, 0.25) is 0 Å². The Morgan fingerprint density at radius 1 is 1.04 bits per heavy atom. The van der Waals surface area contributed by atoms with Gasteiger partial charge in [0.25, 0.3) is 5.91 Å². The lowest BCUT2D eigenvalue weighted by Gasteiger charge is -2.17. The van der Waals surface area contributed by atoms with Gasteiger partial charge in [0.2, 0.25) is 11.8 Å². The average molecular weight is 375 g/mol. The number of benzene rings is 2. The number of hydrogen-bond acceptors (Lipinski definition) is 4. The summed E-state index contributed by atoms with van der Waals surface area (Å²) in [4.78, 5) is 30.7. The lowest BCUT2D eigenvalue weighted by molar-refractivity contribution is -0.129. The average Bonchev–Trinajstić information content (AvgIpc) is 3.21. The third-order valence-corrected chi connectivity index (χ3v) is 4.79. The Balaban J connectivity index is 1.29. The number of carbonyl (C=O) groups excluding carboxylic acids is 2. The van der Waals surface area contributed by atoms with Gasteiger partial charge in [0, 0.05) is 30.0 Å². The summed E-state index contributed by atoms with van der Waals surface area (Å²) in [6.07, 6.45) is 0.648. The second-order valence-corrected chi connectivity index (χ2v) is 6.76. The summed E-state index contributed by atoms with van der Waals surface area (Å²) in [5.74, 6) is 0.207. The summed E-state index contributed by atoms with van der Waals surface area (Å²) in [6, 6.07) is 20.6. The highest BCUT2D eigenvalue weighted by Crippen LogP contribution is 2.20. The molecule has 0 saturated carbocycles. The Bertz CT molecular complexity index is 990. The molecular formula is C22H21N3O3. The largest absolute Gasteiger partial charge is 0.472 e. The Hall–Kier alpha value is -3.41. The number of nitrogens with one attached hydrogen (secondary N) is 1. The standard InChI is InChI=1S/C22H21N3O3/c26-21(14-23-22(27)17-7-2-1-3-8-17)25-13-12-18(15-25)28-20-11-10-16-6-4-5-9-19(16)24-20/h1-11,18H,12-15H2,(H,23,27). The first kappa shape index (κ1) is 18.0. The molecule has 1 aliphatic heterocycles. The van der Waals surface area contributed by atoms with Crippen molar-refractivity contribution in [1.29, 1.82) is 0 Å². The number of carbonyl (C=O) groups is 2. The van der Waals surface area contributed by atoms with Gasteiger partial charge in [-0.2, -0.15) is 0 Å². The first-order valence-electron chi connectivity index (χ1n) is 9.32. The Kier molecular flexibility index (Phi) is 5.19. The molecule has 2 amide bonds. The van der Waals surface area contributed by atoms with Crippen LogP contribution in [0.5, 0.6) is 5.88 Å². The first-order valence-corrected chi connectivity index (χ1v) is 9.32. The zero-order valence-electron chi connectivity index (χ0n) is 15.4. The van der Waals surface area contributed by atoms with Crippen molar-refractivity contribution in [2.24, 2.45) is 0 Å². The number of likely N-dealkylation sites (tertiary alicyclic amines) is 1. The molecule has 2 heterocycles. The van der Waals surface area contributed by atoms with E-state index >= 15 is 0 Å². The molecule has 6 heteroatoms. The van der Waals surface area contributed by atoms with Gasteiger partial charge in [-0.15, -0.1) is 0 Å². The summed E-state index contributed by atoms with van der Waals surface area (Å²) in [5.41, 5.74) is 1.43. The van der Waals surface area contributed by atoms with Crippen LogP contribution in [-0.2, 0) is 4.79 Å². The molecule has 4 rings (SSSR count). The number of fused-ring (bicyclic) bond motifs is 1. The molecule has 1 aromatic heterocycles. The van der Waals surface area contributed by atoms with Crippen LogP contribution in [0.4, 0.5) is 0 Å². The highest BCUT2D eigenvalue weighted by molar-refractivity contribution is 5.96. The van der Waals surface area contributed by atoms with Crippen molar-refractivity contribution in [2.45, 2.75) is 12.5 Å². The van der Waals surface area contributed by atoms with Crippen molar-refractivity contribution in [2.75, 3.05) is 19.6 Å². The smallest absolute Gasteiger partial charge is 0.251 e. The molecule has 1 fully saturated rings. The van der Waals surface area contributed by atoms with Crippen LogP contribution < -0.4 is 10.1 Å². The van der Waals surface area contributed by atoms with E-state index in [0.29, 0.717) is 24.5 Å². The van der Waals surface area contributed by atoms with Gasteiger partial charge in [-0.1, -0.05) is 36.4 Å². The second-order valence-electron chi connectivity index (χ2n) is 6.76. The fraction of sp³-hybridized carbons (Fsp3) is 0.227. The summed E-state index contributed by atoms with van der Waals surface area (Å²) >= 11 is 0. The van der Waals surface area contributed by atoms with Crippen LogP contribution >= 0.6 is 0 Å². The number of para-hydroxylation sites is 1. The minimum atomic E-state index is -0.249. The molecule has 28 heavy (non-hydrogen) atoms. The van der Waals surface area contributed by atoms with Crippen LogP contribution in [0.3, 0.4) is 0 Å². The van der Waals surface area contributed by atoms with E-state index in [1.807, 2.05) is 42.5 Å². The van der Waals surface area contributed by atoms with Gasteiger partial charge in [0.1, 0.15) is 6.10 Å². The summed E-state index contributed by atoms with van der Waals surface area (Å²) in [5, 5.41) is 3.74. The molecule has 3 aromatic rings. The molecule has 1 atom stereocenters. The maximum Gasteiger partial charge on any atom is 0.251 e. The van der Waals surface area contributed by atoms with E-state index in [-0.39, 0.29) is 24.5 Å². The Morgan fingerprint density at radius 2 is 1.82 bits per heavy atom. The zero-order valence-corrected chi connectivity index (χ0v) is 15.4. The maximum atomic E-state index is 12.4. The number of aromatic nitrogens is 1. The summed E-state index contributed by atoms with van der Waals surface area (Å²) < 4.78 is 5.97. The summed E-state index contributed by atoms with van der Waals surface area (Å²) in [6.45, 7) is 1.08. The lowest BCUT2D eigenvalue weighted by Crippen LogP contribution is -2.39. The topological polar surface area (TPSA) is 71.5 Å². The summed E-state index contributed by atoms with van der Waals surface area (Å²) in [7, 11) is 0. The second kappa shape index (κ2) is 8.08. The minimum absolute atomic E-state index is 0.0192. The highest BCUT2D eigenvalue weighted by Gasteiger charge is 2.28. The molecule has 1 aliphatic rings. The van der Waals surface area contributed by atoms with Gasteiger partial charge >= 0.3 is 0 Å². The number of ether oxygens (including phenoxy) is 1. The van der Waals surface area contributed by atoms with Crippen LogP contribution in [0.1, 0.15) is 16.8 Å². The van der Waals surface area contributed by atoms with Crippen molar-refractivity contribution >= 4 is 22.7 Å². The van der Waals surface area contributed by atoms with E-state index in [0.717, 1.165) is 17.3 Å². The predicted octanol–water partition coefficient (Wildman–Crippen LogP) is 2.64. The third-order valence-electron chi connectivity index (χ3n) is 4.79. The third kappa shape index (κ3) is 4.11. The van der Waals surface area contributed by atoms with Gasteiger partial charge in [-0.3, -0.25) is 9.59 Å². The van der Waals surface area contributed by atoms with Crippen LogP contribution in [-0.4, -0.2) is 47.4 Å². The highest BCUT2D eigenvalue weighted by atomic mass is 16.5. The molecule has 1 saturated heterocycles. The predicted molar refractivity (Wildman–Crippen MR) is 106 cm³/mol. The van der Waals surface area contributed by atoms with Gasteiger partial charge in [0.15, 0.2) is 0 Å². The molecule has 0 radical (unpaired) electrons. The number of amides is 2. The maximum absolute atomic E-state index is 12.4. The fourth-order valence-corrected chi connectivity index (χ4v) is 3.29. The van der Waals surface area contributed by atoms with Gasteiger partial charge in [-0.25, -0.2) is 4.98 Å². The number of nitrogens with zero attached hydrogens (tertiary/aromatic N) is 2. The molecule has 2 aromatic carbocycles. The van der Waals surface area contributed by atoms with Crippen molar-refractivity contribution in [3.8, 4) is 5.88 Å². The molecule has 0 aliphatic carbocycles. The van der Waals surface area contributed by atoms with Crippen molar-refractivity contribution < 1.29 is 14.3 Å². The molecule has 6 nitrogen and oxygen atoms in total. The van der Waals surface area contributed by atoms with Crippen LogP contribution in [0.25, 0.3) is 10.9 Å². The van der Waals surface area contributed by atoms with E-state index < -0.39 is 0 Å². The van der Waals surface area contributed by atoms with Gasteiger partial charge in [-0.05, 0) is 24.3 Å². The van der Waals surface area contributed by atoms with E-state index in [1.54, 1.807) is 29.2 Å². The molecule has 1 unspecified atom stereocenters. The fourth-order valence-electron chi connectivity index (χ4n) is 3.29. The van der Waals surface area contributed by atoms with E-state index in [4.69, 9.17) is 4.74 Å². The van der Waals surface area contributed by atoms with Crippen LogP contribution in [0, 0.1) is 0 Å². The van der Waals surface area contributed by atoms with E-state index in [2.05, 4.69) is 10.3 Å². The zero-order chi connectivity index (χ0) is 19.3. The first-order chi connectivity index (χ1) is 13.7. The Morgan fingerprint density at radius 3 is 2.68 bits per heavy atom. The number of rotatable bonds is 5. The molecular weight excluding hydrogens is 354 g/mol. The minimum Gasteiger partial charge on any atom is -0.472 e. The monoisotopic (exact) mass is 375 g/mol. The SMILES string of the molecule is O=C(NCC(=O)N1CCC(Oc2ccc3ccccc3n2)C1)c1ccccc1. The number of pyridine rings is 1. The Labute approximate surface area is 163 Å². The molecule has 1 N–H and O–H groups in total. The normalized spacial score (nSPS) is 16.1. The van der Waals surface area contributed by atoms with Gasteiger partial charge in [0.05, 0.1) is 18.6 Å². The van der Waals surface area contributed by atoms with E-state index in [1.165, 1.54) is 0 Å². The number of hydrogen-bond donors (Lipinski definition) is 1. The molecule has 0 bridgehead atoms. The lowest BCUT2D eigenvalue weighted by atomic mass is 10.2. The van der Waals surface area contributed by atoms with E-state index in [9.17, 15) is 9.59 Å². The van der Waals surface area contributed by atoms with Gasteiger partial charge < -0.3 is 15.0 Å². The molecule has 142 valence electrons. The van der Waals surface area contributed by atoms with Crippen molar-refractivity contribution in [3.05, 3.63) is 72.3 Å². The molecule has 0 spiro atoms.